The first-order chi connectivity index (χ1) is 10.6. The van der Waals surface area contributed by atoms with Crippen LogP contribution in [0.25, 0.3) is 0 Å². The number of piperidine rings is 1. The molecular formula is C16H29N5O. The molecule has 1 aliphatic heterocycles. The van der Waals surface area contributed by atoms with Crippen molar-refractivity contribution in [2.45, 2.75) is 44.8 Å². The van der Waals surface area contributed by atoms with Crippen LogP contribution in [0.3, 0.4) is 0 Å². The predicted molar refractivity (Wildman–Crippen MR) is 87.6 cm³/mol. The summed E-state index contributed by atoms with van der Waals surface area (Å²) in [7, 11) is 4.22. The third-order valence-electron chi connectivity index (χ3n) is 4.55. The Morgan fingerprint density at radius 2 is 2.18 bits per heavy atom. The molecule has 0 radical (unpaired) electrons. The maximum atomic E-state index is 12.3. The smallest absolute Gasteiger partial charge is 0.234 e. The molecule has 1 saturated heterocycles. The molecule has 1 atom stereocenters. The van der Waals surface area contributed by atoms with E-state index in [2.05, 4.69) is 41.1 Å². The van der Waals surface area contributed by atoms with Crippen LogP contribution in [0.5, 0.6) is 0 Å². The van der Waals surface area contributed by atoms with E-state index in [9.17, 15) is 4.79 Å². The van der Waals surface area contributed by atoms with Crippen LogP contribution in [0.2, 0.25) is 0 Å². The number of rotatable bonds is 7. The molecule has 1 aromatic heterocycles. The van der Waals surface area contributed by atoms with Gasteiger partial charge >= 0.3 is 0 Å². The first-order valence-corrected chi connectivity index (χ1v) is 8.22. The van der Waals surface area contributed by atoms with Gasteiger partial charge in [-0.2, -0.15) is 0 Å². The molecule has 22 heavy (non-hydrogen) atoms. The van der Waals surface area contributed by atoms with E-state index in [1.807, 2.05) is 10.8 Å². The quantitative estimate of drug-likeness (QED) is 0.810. The first kappa shape index (κ1) is 17.0. The van der Waals surface area contributed by atoms with Gasteiger partial charge in [-0.1, -0.05) is 6.92 Å². The Bertz CT molecular complexity index is 439. The van der Waals surface area contributed by atoms with Crippen LogP contribution in [-0.2, 0) is 11.3 Å². The largest absolute Gasteiger partial charge is 0.350 e. The maximum absolute atomic E-state index is 12.3. The van der Waals surface area contributed by atoms with Gasteiger partial charge < -0.3 is 14.8 Å². The molecule has 0 saturated carbocycles. The SMILES string of the molecule is CC[C@H](Cn1ccnc1)NC(=O)CN(C)C1CCN(C)CC1. The fraction of sp³-hybridized carbons (Fsp3) is 0.750. The van der Waals surface area contributed by atoms with Gasteiger partial charge in [-0.15, -0.1) is 0 Å². The Kier molecular flexibility index (Phi) is 6.39. The number of likely N-dealkylation sites (tertiary alicyclic amines) is 1. The lowest BCUT2D eigenvalue weighted by molar-refractivity contribution is -0.123. The number of carbonyl (C=O) groups is 1. The van der Waals surface area contributed by atoms with Gasteiger partial charge in [0.1, 0.15) is 0 Å². The van der Waals surface area contributed by atoms with E-state index in [0.717, 1.165) is 38.9 Å². The van der Waals surface area contributed by atoms with Gasteiger partial charge in [0, 0.05) is 31.0 Å². The molecule has 1 fully saturated rings. The number of amides is 1. The van der Waals surface area contributed by atoms with E-state index in [4.69, 9.17) is 0 Å². The Morgan fingerprint density at radius 3 is 2.77 bits per heavy atom. The van der Waals surface area contributed by atoms with Crippen molar-refractivity contribution in [3.63, 3.8) is 0 Å². The second kappa shape index (κ2) is 8.29. The number of nitrogens with one attached hydrogen (secondary N) is 1. The second-order valence-electron chi connectivity index (χ2n) is 6.38. The molecule has 0 bridgehead atoms. The fourth-order valence-corrected chi connectivity index (χ4v) is 2.99. The summed E-state index contributed by atoms with van der Waals surface area (Å²) in [5.41, 5.74) is 0. The average molecular weight is 307 g/mol. The van der Waals surface area contributed by atoms with E-state index in [0.29, 0.717) is 12.6 Å². The van der Waals surface area contributed by atoms with Crippen molar-refractivity contribution in [1.82, 2.24) is 24.7 Å². The second-order valence-corrected chi connectivity index (χ2v) is 6.38. The Morgan fingerprint density at radius 1 is 1.45 bits per heavy atom. The van der Waals surface area contributed by atoms with Crippen molar-refractivity contribution < 1.29 is 4.79 Å². The zero-order valence-corrected chi connectivity index (χ0v) is 14.0. The Balaban J connectivity index is 1.75. The number of aromatic nitrogens is 2. The fourth-order valence-electron chi connectivity index (χ4n) is 2.99. The lowest BCUT2D eigenvalue weighted by Gasteiger charge is -2.35. The number of nitrogens with zero attached hydrogens (tertiary/aromatic N) is 4. The van der Waals surface area contributed by atoms with Crippen LogP contribution >= 0.6 is 0 Å². The van der Waals surface area contributed by atoms with Crippen LogP contribution in [0.1, 0.15) is 26.2 Å². The minimum atomic E-state index is 0.119. The van der Waals surface area contributed by atoms with Crippen LogP contribution in [-0.4, -0.2) is 71.1 Å². The van der Waals surface area contributed by atoms with E-state index >= 15 is 0 Å². The molecule has 1 N–H and O–H groups in total. The van der Waals surface area contributed by atoms with Crippen molar-refractivity contribution in [3.05, 3.63) is 18.7 Å². The van der Waals surface area contributed by atoms with Gasteiger partial charge in [-0.3, -0.25) is 9.69 Å². The maximum Gasteiger partial charge on any atom is 0.234 e. The molecule has 6 heteroatoms. The number of imidazole rings is 1. The summed E-state index contributed by atoms with van der Waals surface area (Å²) in [6.45, 7) is 5.60. The van der Waals surface area contributed by atoms with Crippen LogP contribution in [0.4, 0.5) is 0 Å². The highest BCUT2D eigenvalue weighted by Gasteiger charge is 2.22. The summed E-state index contributed by atoms with van der Waals surface area (Å²) < 4.78 is 2.01. The molecule has 0 aliphatic carbocycles. The number of likely N-dealkylation sites (N-methyl/N-ethyl adjacent to an activating group) is 1. The molecule has 0 unspecified atom stereocenters. The Labute approximate surface area is 133 Å². The number of hydrogen-bond donors (Lipinski definition) is 1. The van der Waals surface area contributed by atoms with Crippen molar-refractivity contribution in [2.24, 2.45) is 0 Å². The molecule has 2 heterocycles. The zero-order chi connectivity index (χ0) is 15.9. The number of hydrogen-bond acceptors (Lipinski definition) is 4. The normalized spacial score (nSPS) is 18.5. The summed E-state index contributed by atoms with van der Waals surface area (Å²) in [4.78, 5) is 20.9. The number of carbonyl (C=O) groups excluding carboxylic acids is 1. The molecule has 124 valence electrons. The van der Waals surface area contributed by atoms with Gasteiger partial charge in [0.25, 0.3) is 0 Å². The van der Waals surface area contributed by atoms with Crippen LogP contribution in [0.15, 0.2) is 18.7 Å². The molecule has 0 aromatic carbocycles. The molecule has 2 rings (SSSR count). The third-order valence-corrected chi connectivity index (χ3v) is 4.55. The molecule has 0 spiro atoms. The van der Waals surface area contributed by atoms with Gasteiger partial charge in [-0.25, -0.2) is 4.98 Å². The van der Waals surface area contributed by atoms with Gasteiger partial charge in [-0.05, 0) is 46.4 Å². The summed E-state index contributed by atoms with van der Waals surface area (Å²) in [6, 6.07) is 0.684. The van der Waals surface area contributed by atoms with Gasteiger partial charge in [0.15, 0.2) is 0 Å². The molecule has 1 aromatic rings. The molecular weight excluding hydrogens is 278 g/mol. The van der Waals surface area contributed by atoms with E-state index in [-0.39, 0.29) is 11.9 Å². The highest BCUT2D eigenvalue weighted by atomic mass is 16.2. The third kappa shape index (κ3) is 5.10. The van der Waals surface area contributed by atoms with E-state index < -0.39 is 0 Å². The van der Waals surface area contributed by atoms with E-state index in [1.54, 1.807) is 12.5 Å². The van der Waals surface area contributed by atoms with Crippen molar-refractivity contribution in [2.75, 3.05) is 33.7 Å². The van der Waals surface area contributed by atoms with Crippen molar-refractivity contribution in [1.29, 1.82) is 0 Å². The van der Waals surface area contributed by atoms with Crippen LogP contribution < -0.4 is 5.32 Å². The summed E-state index contributed by atoms with van der Waals surface area (Å²) in [6.07, 6.45) is 8.70. The lowest BCUT2D eigenvalue weighted by Crippen LogP contribution is -2.47. The highest BCUT2D eigenvalue weighted by molar-refractivity contribution is 5.78. The topological polar surface area (TPSA) is 53.4 Å². The van der Waals surface area contributed by atoms with Gasteiger partial charge in [0.05, 0.1) is 12.9 Å². The molecule has 6 nitrogen and oxygen atoms in total. The van der Waals surface area contributed by atoms with Crippen LogP contribution in [0, 0.1) is 0 Å². The molecule has 1 aliphatic rings. The predicted octanol–water partition coefficient (Wildman–Crippen LogP) is 0.804. The Hall–Kier alpha value is -1.40. The minimum Gasteiger partial charge on any atom is -0.350 e. The zero-order valence-electron chi connectivity index (χ0n) is 14.0. The summed E-state index contributed by atoms with van der Waals surface area (Å²) >= 11 is 0. The monoisotopic (exact) mass is 307 g/mol. The standard InChI is InChI=1S/C16H29N5O/c1-4-14(11-21-10-7-17-13-21)18-16(22)12-20(3)15-5-8-19(2)9-6-15/h7,10,13-15H,4-6,8-9,11-12H2,1-3H3,(H,18,22)/t14-/m1/s1. The lowest BCUT2D eigenvalue weighted by atomic mass is 10.0. The first-order valence-electron chi connectivity index (χ1n) is 8.22. The highest BCUT2D eigenvalue weighted by Crippen LogP contribution is 2.13. The average Bonchev–Trinajstić information content (AvgIpc) is 3.00. The van der Waals surface area contributed by atoms with Crippen molar-refractivity contribution in [3.8, 4) is 0 Å². The molecule has 1 amide bonds. The van der Waals surface area contributed by atoms with Gasteiger partial charge in [0.2, 0.25) is 5.91 Å². The summed E-state index contributed by atoms with van der Waals surface area (Å²) in [5.74, 6) is 0.119. The van der Waals surface area contributed by atoms with E-state index in [1.165, 1.54) is 0 Å². The van der Waals surface area contributed by atoms with Crippen molar-refractivity contribution >= 4 is 5.91 Å². The summed E-state index contributed by atoms with van der Waals surface area (Å²) in [5, 5.41) is 3.14. The minimum absolute atomic E-state index is 0.119.